The zero-order valence-corrected chi connectivity index (χ0v) is 16.1. The number of halogens is 1. The fourth-order valence-electron chi connectivity index (χ4n) is 3.45. The summed E-state index contributed by atoms with van der Waals surface area (Å²) in [6.45, 7) is 5.65. The summed E-state index contributed by atoms with van der Waals surface area (Å²) < 4.78 is 48.3. The van der Waals surface area contributed by atoms with E-state index in [9.17, 15) is 12.8 Å². The highest BCUT2D eigenvalue weighted by Gasteiger charge is 2.40. The summed E-state index contributed by atoms with van der Waals surface area (Å²) in [5.74, 6) is 0.293. The summed E-state index contributed by atoms with van der Waals surface area (Å²) in [5, 5.41) is 0. The van der Waals surface area contributed by atoms with Gasteiger partial charge in [-0.05, 0) is 49.6 Å². The van der Waals surface area contributed by atoms with Crippen LogP contribution in [0.1, 0.15) is 50.3 Å². The van der Waals surface area contributed by atoms with Gasteiger partial charge < -0.3 is 4.74 Å². The van der Waals surface area contributed by atoms with Crippen LogP contribution < -0.4 is 9.46 Å². The number of aryl methyl sites for hydroxylation is 1. The Morgan fingerprint density at radius 3 is 2.54 bits per heavy atom. The van der Waals surface area contributed by atoms with Gasteiger partial charge in [0.05, 0.1) is 10.9 Å². The molecular formula is C20H24FNO3S. The van der Waals surface area contributed by atoms with E-state index >= 15 is 0 Å². The largest absolute Gasteiger partial charge is 0.487 e. The third-order valence-corrected chi connectivity index (χ3v) is 6.69. The zero-order valence-electron chi connectivity index (χ0n) is 15.3. The van der Waals surface area contributed by atoms with Crippen molar-refractivity contribution in [2.75, 3.05) is 0 Å². The van der Waals surface area contributed by atoms with E-state index in [2.05, 4.69) is 4.72 Å². The summed E-state index contributed by atoms with van der Waals surface area (Å²) in [6, 6.07) is 11.0. The number of ether oxygens (including phenoxy) is 1. The molecule has 0 saturated heterocycles. The predicted molar refractivity (Wildman–Crippen MR) is 99.2 cm³/mol. The molecular weight excluding hydrogens is 353 g/mol. The smallest absolute Gasteiger partial charge is 0.241 e. The molecule has 140 valence electrons. The van der Waals surface area contributed by atoms with E-state index in [-0.39, 0.29) is 4.90 Å². The number of hydrogen-bond donors (Lipinski definition) is 1. The summed E-state index contributed by atoms with van der Waals surface area (Å²) in [6.07, 6.45) is 2.12. The molecule has 1 atom stereocenters. The number of benzene rings is 2. The number of nitrogens with one attached hydrogen (secondary N) is 1. The Hall–Kier alpha value is -1.92. The van der Waals surface area contributed by atoms with Crippen molar-refractivity contribution >= 4 is 10.0 Å². The first kappa shape index (κ1) is 18.9. The Kier molecular flexibility index (Phi) is 5.08. The lowest BCUT2D eigenvalue weighted by atomic mass is 9.84. The van der Waals surface area contributed by atoms with Gasteiger partial charge in [-0.25, -0.2) is 17.5 Å². The Balaban J connectivity index is 1.98. The highest BCUT2D eigenvalue weighted by Crippen LogP contribution is 2.43. The summed E-state index contributed by atoms with van der Waals surface area (Å²) in [7, 11) is -3.78. The second kappa shape index (κ2) is 7.00. The van der Waals surface area contributed by atoms with E-state index in [1.165, 1.54) is 18.2 Å². The van der Waals surface area contributed by atoms with Crippen LogP contribution in [0.5, 0.6) is 5.75 Å². The number of rotatable bonds is 5. The molecule has 1 unspecified atom stereocenters. The second-order valence-electron chi connectivity index (χ2n) is 6.82. The molecule has 1 N–H and O–H groups in total. The SMILES string of the molecule is CCC1(CC)CC(NS(=O)(=O)c2ccc(F)c(C)c2)c2ccccc2O1. The van der Waals surface area contributed by atoms with Gasteiger partial charge in [0.15, 0.2) is 0 Å². The van der Waals surface area contributed by atoms with Crippen LogP contribution in [-0.4, -0.2) is 14.0 Å². The van der Waals surface area contributed by atoms with Crippen molar-refractivity contribution in [1.29, 1.82) is 0 Å². The first-order valence-corrected chi connectivity index (χ1v) is 10.3. The molecule has 0 saturated carbocycles. The molecule has 1 aliphatic heterocycles. The fraction of sp³-hybridized carbons (Fsp3) is 0.400. The molecule has 2 aromatic rings. The average molecular weight is 377 g/mol. The quantitative estimate of drug-likeness (QED) is 0.835. The molecule has 2 aromatic carbocycles. The highest BCUT2D eigenvalue weighted by atomic mass is 32.2. The third kappa shape index (κ3) is 3.48. The van der Waals surface area contributed by atoms with Crippen molar-refractivity contribution in [3.05, 3.63) is 59.4 Å². The van der Waals surface area contributed by atoms with Crippen molar-refractivity contribution in [3.8, 4) is 5.75 Å². The van der Waals surface area contributed by atoms with E-state index in [1.807, 2.05) is 38.1 Å². The summed E-state index contributed by atoms with van der Waals surface area (Å²) in [5.41, 5.74) is 0.726. The van der Waals surface area contributed by atoms with Gasteiger partial charge in [0.25, 0.3) is 0 Å². The molecule has 0 spiro atoms. The van der Waals surface area contributed by atoms with Crippen LogP contribution in [0, 0.1) is 12.7 Å². The number of fused-ring (bicyclic) bond motifs is 1. The van der Waals surface area contributed by atoms with E-state index in [1.54, 1.807) is 6.92 Å². The van der Waals surface area contributed by atoms with E-state index in [4.69, 9.17) is 4.74 Å². The third-order valence-electron chi connectivity index (χ3n) is 5.22. The first-order valence-electron chi connectivity index (χ1n) is 8.86. The van der Waals surface area contributed by atoms with E-state index in [0.29, 0.717) is 17.7 Å². The molecule has 0 aromatic heterocycles. The molecule has 0 fully saturated rings. The van der Waals surface area contributed by atoms with E-state index < -0.39 is 27.5 Å². The minimum atomic E-state index is -3.78. The Labute approximate surface area is 154 Å². The van der Waals surface area contributed by atoms with E-state index in [0.717, 1.165) is 18.4 Å². The lowest BCUT2D eigenvalue weighted by Crippen LogP contribution is -2.44. The van der Waals surface area contributed by atoms with Gasteiger partial charge in [-0.3, -0.25) is 0 Å². The van der Waals surface area contributed by atoms with Crippen LogP contribution in [0.4, 0.5) is 4.39 Å². The van der Waals surface area contributed by atoms with Gasteiger partial charge in [-0.2, -0.15) is 0 Å². The Bertz CT molecular complexity index is 907. The monoisotopic (exact) mass is 377 g/mol. The number of sulfonamides is 1. The van der Waals surface area contributed by atoms with Gasteiger partial charge in [0.2, 0.25) is 10.0 Å². The second-order valence-corrected chi connectivity index (χ2v) is 8.53. The van der Waals surface area contributed by atoms with Crippen LogP contribution in [0.2, 0.25) is 0 Å². The molecule has 0 radical (unpaired) electrons. The van der Waals surface area contributed by atoms with Crippen LogP contribution >= 0.6 is 0 Å². The minimum Gasteiger partial charge on any atom is -0.487 e. The maximum atomic E-state index is 13.5. The number of para-hydroxylation sites is 1. The molecule has 0 aliphatic carbocycles. The van der Waals surface area contributed by atoms with Crippen molar-refractivity contribution in [2.45, 2.75) is 56.6 Å². The molecule has 4 nitrogen and oxygen atoms in total. The predicted octanol–water partition coefficient (Wildman–Crippen LogP) is 4.50. The van der Waals surface area contributed by atoms with Gasteiger partial charge in [0, 0.05) is 12.0 Å². The molecule has 3 rings (SSSR count). The minimum absolute atomic E-state index is 0.0685. The van der Waals surface area contributed by atoms with Gasteiger partial charge in [0.1, 0.15) is 17.2 Å². The van der Waals surface area contributed by atoms with Crippen LogP contribution in [0.3, 0.4) is 0 Å². The lowest BCUT2D eigenvalue weighted by Gasteiger charge is -2.41. The van der Waals surface area contributed by atoms with Crippen molar-refractivity contribution < 1.29 is 17.5 Å². The molecule has 1 aliphatic rings. The highest BCUT2D eigenvalue weighted by molar-refractivity contribution is 7.89. The lowest BCUT2D eigenvalue weighted by molar-refractivity contribution is 0.0260. The maximum absolute atomic E-state index is 13.5. The zero-order chi connectivity index (χ0) is 18.9. The molecule has 0 amide bonds. The van der Waals surface area contributed by atoms with Crippen molar-refractivity contribution in [1.82, 2.24) is 4.72 Å². The Morgan fingerprint density at radius 1 is 1.19 bits per heavy atom. The van der Waals surface area contributed by atoms with Crippen molar-refractivity contribution in [2.24, 2.45) is 0 Å². The maximum Gasteiger partial charge on any atom is 0.241 e. The van der Waals surface area contributed by atoms with Crippen LogP contribution in [-0.2, 0) is 10.0 Å². The number of hydrogen-bond acceptors (Lipinski definition) is 3. The molecule has 6 heteroatoms. The molecule has 26 heavy (non-hydrogen) atoms. The first-order chi connectivity index (χ1) is 12.3. The van der Waals surface area contributed by atoms with Gasteiger partial charge in [-0.1, -0.05) is 32.0 Å². The normalized spacial score (nSPS) is 18.8. The fourth-order valence-corrected chi connectivity index (χ4v) is 4.75. The van der Waals surface area contributed by atoms with Crippen LogP contribution in [0.25, 0.3) is 0 Å². The van der Waals surface area contributed by atoms with Crippen molar-refractivity contribution in [3.63, 3.8) is 0 Å². The summed E-state index contributed by atoms with van der Waals surface area (Å²) in [4.78, 5) is 0.0685. The van der Waals surface area contributed by atoms with Crippen LogP contribution in [0.15, 0.2) is 47.4 Å². The topological polar surface area (TPSA) is 55.4 Å². The molecule has 0 bridgehead atoms. The standard InChI is InChI=1S/C20H24FNO3S/c1-4-20(5-2)13-18(16-8-6-7-9-19(16)25-20)22-26(23,24)15-10-11-17(21)14(3)12-15/h6-12,18,22H,4-5,13H2,1-3H3. The van der Waals surface area contributed by atoms with Gasteiger partial charge in [-0.15, -0.1) is 0 Å². The summed E-state index contributed by atoms with van der Waals surface area (Å²) >= 11 is 0. The average Bonchev–Trinajstić information content (AvgIpc) is 2.63. The molecule has 1 heterocycles. The van der Waals surface area contributed by atoms with Gasteiger partial charge >= 0.3 is 0 Å². The Morgan fingerprint density at radius 2 is 1.88 bits per heavy atom.